The highest BCUT2D eigenvalue weighted by atomic mass is 19.1. The maximum absolute atomic E-state index is 13.6. The van der Waals surface area contributed by atoms with Crippen molar-refractivity contribution in [2.24, 2.45) is 0 Å². The summed E-state index contributed by atoms with van der Waals surface area (Å²) in [6, 6.07) is 5.49. The van der Waals surface area contributed by atoms with Crippen molar-refractivity contribution < 1.29 is 13.5 Å². The van der Waals surface area contributed by atoms with Crippen LogP contribution >= 0.6 is 0 Å². The molecule has 0 atom stereocenters. The first-order chi connectivity index (χ1) is 9.72. The van der Waals surface area contributed by atoms with E-state index in [0.717, 1.165) is 23.8 Å². The largest absolute Gasteiger partial charge is 0.452 e. The molecule has 1 aliphatic carbocycles. The van der Waals surface area contributed by atoms with Gasteiger partial charge in [0, 0.05) is 30.4 Å². The van der Waals surface area contributed by atoms with Crippen molar-refractivity contribution in [1.82, 2.24) is 10.3 Å². The van der Waals surface area contributed by atoms with Crippen molar-refractivity contribution in [2.75, 3.05) is 0 Å². The molecule has 1 fully saturated rings. The van der Waals surface area contributed by atoms with Crippen molar-refractivity contribution in [3.8, 4) is 11.5 Å². The van der Waals surface area contributed by atoms with Crippen LogP contribution in [0, 0.1) is 11.6 Å². The van der Waals surface area contributed by atoms with E-state index in [1.54, 1.807) is 6.20 Å². The number of nitrogens with one attached hydrogen (secondary N) is 1. The van der Waals surface area contributed by atoms with Gasteiger partial charge in [0.15, 0.2) is 11.6 Å². The molecule has 2 aromatic rings. The van der Waals surface area contributed by atoms with Crippen LogP contribution in [0.15, 0.2) is 36.7 Å². The summed E-state index contributed by atoms with van der Waals surface area (Å²) in [5.41, 5.74) is 0.871. The minimum Gasteiger partial charge on any atom is -0.452 e. The van der Waals surface area contributed by atoms with Crippen LogP contribution in [0.25, 0.3) is 0 Å². The van der Waals surface area contributed by atoms with Crippen LogP contribution in [-0.2, 0) is 6.54 Å². The number of hydrogen-bond donors (Lipinski definition) is 1. The Morgan fingerprint density at radius 3 is 2.85 bits per heavy atom. The monoisotopic (exact) mass is 276 g/mol. The number of halogens is 2. The van der Waals surface area contributed by atoms with Crippen LogP contribution in [0.4, 0.5) is 8.78 Å². The van der Waals surface area contributed by atoms with Gasteiger partial charge in [-0.25, -0.2) is 8.78 Å². The molecule has 1 aromatic carbocycles. The first-order valence-electron chi connectivity index (χ1n) is 6.51. The highest BCUT2D eigenvalue weighted by Gasteiger charge is 2.20. The lowest BCUT2D eigenvalue weighted by molar-refractivity contribution is 0.428. The molecule has 0 unspecified atom stereocenters. The van der Waals surface area contributed by atoms with Crippen molar-refractivity contribution in [3.05, 3.63) is 53.9 Å². The molecule has 3 nitrogen and oxygen atoms in total. The summed E-state index contributed by atoms with van der Waals surface area (Å²) in [5.74, 6) is -0.838. The molecule has 1 aromatic heterocycles. The standard InChI is InChI=1S/C15H14F2N2O/c16-11-1-4-13(17)14(7-11)20-15-9-18-6-5-10(15)8-19-12-2-3-12/h1,4-7,9,12,19H,2-3,8H2. The fraction of sp³-hybridized carbons (Fsp3) is 0.267. The number of benzene rings is 1. The van der Waals surface area contributed by atoms with E-state index in [2.05, 4.69) is 10.3 Å². The minimum atomic E-state index is -0.601. The zero-order valence-corrected chi connectivity index (χ0v) is 10.8. The molecule has 3 rings (SSSR count). The van der Waals surface area contributed by atoms with Crippen molar-refractivity contribution in [2.45, 2.75) is 25.4 Å². The molecule has 20 heavy (non-hydrogen) atoms. The average molecular weight is 276 g/mol. The van der Waals surface area contributed by atoms with Gasteiger partial charge in [0.05, 0.1) is 6.20 Å². The third kappa shape index (κ3) is 3.11. The maximum atomic E-state index is 13.6. The summed E-state index contributed by atoms with van der Waals surface area (Å²) in [4.78, 5) is 3.97. The topological polar surface area (TPSA) is 34.1 Å². The van der Waals surface area contributed by atoms with E-state index in [1.807, 2.05) is 6.07 Å². The van der Waals surface area contributed by atoms with Crippen molar-refractivity contribution in [3.63, 3.8) is 0 Å². The third-order valence-electron chi connectivity index (χ3n) is 3.14. The average Bonchev–Trinajstić information content (AvgIpc) is 3.26. The normalized spacial score (nSPS) is 14.3. The molecular formula is C15H14F2N2O. The maximum Gasteiger partial charge on any atom is 0.166 e. The van der Waals surface area contributed by atoms with Crippen LogP contribution in [-0.4, -0.2) is 11.0 Å². The molecule has 1 aliphatic rings. The van der Waals surface area contributed by atoms with Gasteiger partial charge in [-0.3, -0.25) is 4.98 Å². The smallest absolute Gasteiger partial charge is 0.166 e. The first-order valence-corrected chi connectivity index (χ1v) is 6.51. The molecule has 0 saturated heterocycles. The Morgan fingerprint density at radius 2 is 2.05 bits per heavy atom. The van der Waals surface area contributed by atoms with Gasteiger partial charge in [0.25, 0.3) is 0 Å². The quantitative estimate of drug-likeness (QED) is 0.908. The Bertz CT molecular complexity index is 615. The molecule has 0 radical (unpaired) electrons. The molecule has 104 valence electrons. The molecular weight excluding hydrogens is 262 g/mol. The van der Waals surface area contributed by atoms with Gasteiger partial charge in [0.2, 0.25) is 0 Å². The van der Waals surface area contributed by atoms with Crippen LogP contribution in [0.2, 0.25) is 0 Å². The van der Waals surface area contributed by atoms with E-state index in [-0.39, 0.29) is 5.75 Å². The zero-order valence-electron chi connectivity index (χ0n) is 10.8. The van der Waals surface area contributed by atoms with Crippen LogP contribution in [0.1, 0.15) is 18.4 Å². The Morgan fingerprint density at radius 1 is 1.20 bits per heavy atom. The van der Waals surface area contributed by atoms with Crippen molar-refractivity contribution >= 4 is 0 Å². The second-order valence-corrected chi connectivity index (χ2v) is 4.82. The molecule has 1 N–H and O–H groups in total. The summed E-state index contributed by atoms with van der Waals surface area (Å²) < 4.78 is 32.2. The summed E-state index contributed by atoms with van der Waals surface area (Å²) >= 11 is 0. The summed E-state index contributed by atoms with van der Waals surface area (Å²) in [5, 5.41) is 3.35. The molecule has 1 heterocycles. The lowest BCUT2D eigenvalue weighted by Crippen LogP contribution is -2.15. The van der Waals surface area contributed by atoms with Gasteiger partial charge in [-0.15, -0.1) is 0 Å². The second kappa shape index (κ2) is 5.54. The second-order valence-electron chi connectivity index (χ2n) is 4.82. The number of nitrogens with zero attached hydrogens (tertiary/aromatic N) is 1. The van der Waals surface area contributed by atoms with Gasteiger partial charge < -0.3 is 10.1 Å². The van der Waals surface area contributed by atoms with E-state index < -0.39 is 11.6 Å². The number of pyridine rings is 1. The van der Waals surface area contributed by atoms with Gasteiger partial charge in [-0.05, 0) is 31.0 Å². The Labute approximate surface area is 115 Å². The van der Waals surface area contributed by atoms with Crippen molar-refractivity contribution in [1.29, 1.82) is 0 Å². The summed E-state index contributed by atoms with van der Waals surface area (Å²) in [7, 11) is 0. The van der Waals surface area contributed by atoms with Gasteiger partial charge in [0.1, 0.15) is 11.6 Å². The third-order valence-corrected chi connectivity index (χ3v) is 3.14. The SMILES string of the molecule is Fc1ccc(F)c(Oc2cnccc2CNC2CC2)c1. The lowest BCUT2D eigenvalue weighted by atomic mass is 10.2. The zero-order chi connectivity index (χ0) is 13.9. The molecule has 0 spiro atoms. The number of rotatable bonds is 5. The molecule has 0 bridgehead atoms. The van der Waals surface area contributed by atoms with Gasteiger partial charge in [-0.2, -0.15) is 0 Å². The summed E-state index contributed by atoms with van der Waals surface area (Å²) in [6.07, 6.45) is 5.52. The van der Waals surface area contributed by atoms with E-state index in [4.69, 9.17) is 4.74 Å². The predicted octanol–water partition coefficient (Wildman–Crippen LogP) is 3.40. The van der Waals surface area contributed by atoms with E-state index in [0.29, 0.717) is 18.3 Å². The highest BCUT2D eigenvalue weighted by molar-refractivity contribution is 5.36. The predicted molar refractivity (Wildman–Crippen MR) is 70.5 cm³/mol. The fourth-order valence-corrected chi connectivity index (χ4v) is 1.86. The number of aromatic nitrogens is 1. The van der Waals surface area contributed by atoms with E-state index in [1.165, 1.54) is 19.0 Å². The fourth-order valence-electron chi connectivity index (χ4n) is 1.86. The molecule has 0 amide bonds. The van der Waals surface area contributed by atoms with Crippen LogP contribution < -0.4 is 10.1 Å². The lowest BCUT2D eigenvalue weighted by Gasteiger charge is -2.11. The van der Waals surface area contributed by atoms with E-state index >= 15 is 0 Å². The Hall–Kier alpha value is -2.01. The molecule has 5 heteroatoms. The highest BCUT2D eigenvalue weighted by Crippen LogP contribution is 2.28. The molecule has 1 saturated carbocycles. The van der Waals surface area contributed by atoms with E-state index in [9.17, 15) is 8.78 Å². The Balaban J connectivity index is 1.80. The Kier molecular flexibility index (Phi) is 3.60. The molecule has 0 aliphatic heterocycles. The van der Waals surface area contributed by atoms with Gasteiger partial charge >= 0.3 is 0 Å². The van der Waals surface area contributed by atoms with Crippen LogP contribution in [0.5, 0.6) is 11.5 Å². The number of hydrogen-bond acceptors (Lipinski definition) is 3. The van der Waals surface area contributed by atoms with Crippen LogP contribution in [0.3, 0.4) is 0 Å². The minimum absolute atomic E-state index is 0.134. The first kappa shape index (κ1) is 13.0. The van der Waals surface area contributed by atoms with Gasteiger partial charge in [-0.1, -0.05) is 0 Å². The summed E-state index contributed by atoms with van der Waals surface area (Å²) in [6.45, 7) is 0.624. The number of ether oxygens (including phenoxy) is 1.